The first-order chi connectivity index (χ1) is 13.4. The van der Waals surface area contributed by atoms with E-state index in [0.29, 0.717) is 21.8 Å². The monoisotopic (exact) mass is 416 g/mol. The maximum atomic E-state index is 12.2. The molecule has 0 atom stereocenters. The van der Waals surface area contributed by atoms with Crippen molar-refractivity contribution in [1.82, 2.24) is 16.2 Å². The van der Waals surface area contributed by atoms with Crippen molar-refractivity contribution in [3.8, 4) is 0 Å². The third-order valence-electron chi connectivity index (χ3n) is 3.97. The standard InChI is InChI=1S/C19H17ClN4O3S/c20-14-3-1-2-13(10-14)17(26)22-19(28)24-23-18(27)12-6-8-15(9-7-12)21-16(25)11-4-5-11/h1-3,6-11H,4-5H2,(H,21,25)(H,23,27)(H2,22,24,26,28). The Labute approximate surface area is 171 Å². The highest BCUT2D eigenvalue weighted by molar-refractivity contribution is 7.80. The molecule has 0 aromatic heterocycles. The molecule has 0 radical (unpaired) electrons. The molecule has 3 amide bonds. The van der Waals surface area contributed by atoms with Gasteiger partial charge in [0.25, 0.3) is 11.8 Å². The summed E-state index contributed by atoms with van der Waals surface area (Å²) < 4.78 is 0. The largest absolute Gasteiger partial charge is 0.326 e. The van der Waals surface area contributed by atoms with Crippen LogP contribution in [-0.4, -0.2) is 22.8 Å². The first-order valence-corrected chi connectivity index (χ1v) is 9.29. The zero-order chi connectivity index (χ0) is 20.1. The molecule has 2 aromatic carbocycles. The average Bonchev–Trinajstić information content (AvgIpc) is 3.52. The van der Waals surface area contributed by atoms with Crippen LogP contribution in [0.5, 0.6) is 0 Å². The molecular formula is C19H17ClN4O3S. The number of carbonyl (C=O) groups excluding carboxylic acids is 3. The fraction of sp³-hybridized carbons (Fsp3) is 0.158. The van der Waals surface area contributed by atoms with Gasteiger partial charge in [-0.2, -0.15) is 0 Å². The molecule has 0 spiro atoms. The van der Waals surface area contributed by atoms with Gasteiger partial charge in [-0.3, -0.25) is 30.6 Å². The lowest BCUT2D eigenvalue weighted by molar-refractivity contribution is -0.117. The van der Waals surface area contributed by atoms with Crippen LogP contribution in [0.4, 0.5) is 5.69 Å². The molecule has 0 saturated heterocycles. The van der Waals surface area contributed by atoms with Gasteiger partial charge in [-0.15, -0.1) is 0 Å². The molecule has 0 bridgehead atoms. The number of halogens is 1. The smallest absolute Gasteiger partial charge is 0.269 e. The topological polar surface area (TPSA) is 99.3 Å². The Morgan fingerprint density at radius 1 is 0.929 bits per heavy atom. The molecule has 3 rings (SSSR count). The molecule has 0 heterocycles. The van der Waals surface area contributed by atoms with Crippen molar-refractivity contribution < 1.29 is 14.4 Å². The number of hydrogen-bond acceptors (Lipinski definition) is 4. The third kappa shape index (κ3) is 5.51. The van der Waals surface area contributed by atoms with Gasteiger partial charge in [0.15, 0.2) is 5.11 Å². The summed E-state index contributed by atoms with van der Waals surface area (Å²) in [4.78, 5) is 35.9. The van der Waals surface area contributed by atoms with E-state index in [-0.39, 0.29) is 16.9 Å². The van der Waals surface area contributed by atoms with Gasteiger partial charge in [-0.05, 0) is 67.5 Å². The molecule has 2 aromatic rings. The molecule has 144 valence electrons. The molecule has 1 aliphatic rings. The van der Waals surface area contributed by atoms with Crippen LogP contribution in [0.3, 0.4) is 0 Å². The number of thiocarbonyl (C=S) groups is 1. The van der Waals surface area contributed by atoms with Crippen LogP contribution in [0.2, 0.25) is 5.02 Å². The molecule has 4 N–H and O–H groups in total. The molecule has 28 heavy (non-hydrogen) atoms. The summed E-state index contributed by atoms with van der Waals surface area (Å²) in [6, 6.07) is 12.8. The summed E-state index contributed by atoms with van der Waals surface area (Å²) in [6.45, 7) is 0. The van der Waals surface area contributed by atoms with E-state index < -0.39 is 11.8 Å². The minimum atomic E-state index is -0.454. The van der Waals surface area contributed by atoms with Crippen LogP contribution in [0.25, 0.3) is 0 Å². The van der Waals surface area contributed by atoms with Crippen LogP contribution in [-0.2, 0) is 4.79 Å². The van der Waals surface area contributed by atoms with Crippen molar-refractivity contribution in [3.05, 3.63) is 64.7 Å². The van der Waals surface area contributed by atoms with E-state index in [1.807, 2.05) is 0 Å². The number of hydrogen-bond donors (Lipinski definition) is 4. The van der Waals surface area contributed by atoms with Crippen molar-refractivity contribution >= 4 is 52.3 Å². The molecule has 1 aliphatic carbocycles. The summed E-state index contributed by atoms with van der Waals surface area (Å²) in [6.07, 6.45) is 1.84. The Bertz CT molecular complexity index is 929. The van der Waals surface area contributed by atoms with Crippen molar-refractivity contribution in [3.63, 3.8) is 0 Å². The van der Waals surface area contributed by atoms with Crippen LogP contribution >= 0.6 is 23.8 Å². The van der Waals surface area contributed by atoms with E-state index in [2.05, 4.69) is 21.5 Å². The maximum Gasteiger partial charge on any atom is 0.269 e. The Balaban J connectivity index is 1.47. The lowest BCUT2D eigenvalue weighted by atomic mass is 10.2. The molecule has 1 fully saturated rings. The third-order valence-corrected chi connectivity index (χ3v) is 4.41. The van der Waals surface area contributed by atoms with Crippen molar-refractivity contribution in [2.24, 2.45) is 5.92 Å². The Morgan fingerprint density at radius 2 is 1.64 bits per heavy atom. The number of anilines is 1. The quantitative estimate of drug-likeness (QED) is 0.453. The minimum Gasteiger partial charge on any atom is -0.326 e. The second kappa shape index (κ2) is 8.81. The zero-order valence-corrected chi connectivity index (χ0v) is 16.2. The van der Waals surface area contributed by atoms with Crippen molar-refractivity contribution in [2.75, 3.05) is 5.32 Å². The van der Waals surface area contributed by atoms with Gasteiger partial charge in [-0.25, -0.2) is 0 Å². The normalized spacial score (nSPS) is 12.6. The van der Waals surface area contributed by atoms with Crippen LogP contribution in [0.1, 0.15) is 33.6 Å². The fourth-order valence-electron chi connectivity index (χ4n) is 2.32. The maximum absolute atomic E-state index is 12.2. The highest BCUT2D eigenvalue weighted by Gasteiger charge is 2.29. The van der Waals surface area contributed by atoms with E-state index in [0.717, 1.165) is 12.8 Å². The van der Waals surface area contributed by atoms with Crippen LogP contribution in [0.15, 0.2) is 48.5 Å². The fourth-order valence-corrected chi connectivity index (χ4v) is 2.65. The Morgan fingerprint density at radius 3 is 2.29 bits per heavy atom. The Hall–Kier alpha value is -2.97. The summed E-state index contributed by atoms with van der Waals surface area (Å²) in [5, 5.41) is 5.60. The summed E-state index contributed by atoms with van der Waals surface area (Å²) in [5.41, 5.74) is 6.19. The van der Waals surface area contributed by atoms with Gasteiger partial charge >= 0.3 is 0 Å². The van der Waals surface area contributed by atoms with Gasteiger partial charge in [-0.1, -0.05) is 17.7 Å². The van der Waals surface area contributed by atoms with Gasteiger partial charge in [0, 0.05) is 27.8 Å². The summed E-state index contributed by atoms with van der Waals surface area (Å²) >= 11 is 10.8. The number of hydrazine groups is 1. The molecule has 0 aliphatic heterocycles. The Kier molecular flexibility index (Phi) is 6.23. The van der Waals surface area contributed by atoms with Crippen molar-refractivity contribution in [1.29, 1.82) is 0 Å². The van der Waals surface area contributed by atoms with Crippen molar-refractivity contribution in [2.45, 2.75) is 12.8 Å². The van der Waals surface area contributed by atoms with Crippen LogP contribution < -0.4 is 21.5 Å². The summed E-state index contributed by atoms with van der Waals surface area (Å²) in [7, 11) is 0. The lowest BCUT2D eigenvalue weighted by Gasteiger charge is -2.11. The highest BCUT2D eigenvalue weighted by Crippen LogP contribution is 2.30. The summed E-state index contributed by atoms with van der Waals surface area (Å²) in [5.74, 6) is -0.792. The first-order valence-electron chi connectivity index (χ1n) is 8.50. The number of nitrogens with one attached hydrogen (secondary N) is 4. The number of carbonyl (C=O) groups is 3. The number of amides is 3. The number of rotatable bonds is 4. The SMILES string of the molecule is O=C(NNC(=S)NC(=O)c1cccc(Cl)c1)c1ccc(NC(=O)C2CC2)cc1. The van der Waals surface area contributed by atoms with E-state index >= 15 is 0 Å². The number of benzene rings is 2. The lowest BCUT2D eigenvalue weighted by Crippen LogP contribution is -2.48. The molecule has 9 heteroatoms. The van der Waals surface area contributed by atoms with E-state index in [4.69, 9.17) is 23.8 Å². The van der Waals surface area contributed by atoms with E-state index in [9.17, 15) is 14.4 Å². The van der Waals surface area contributed by atoms with Crippen LogP contribution in [0, 0.1) is 5.92 Å². The van der Waals surface area contributed by atoms with Gasteiger partial charge < -0.3 is 5.32 Å². The van der Waals surface area contributed by atoms with E-state index in [1.54, 1.807) is 42.5 Å². The predicted octanol–water partition coefficient (Wildman–Crippen LogP) is 2.64. The van der Waals surface area contributed by atoms with Gasteiger partial charge in [0.1, 0.15) is 0 Å². The molecule has 0 unspecified atom stereocenters. The average molecular weight is 417 g/mol. The first kappa shape index (κ1) is 19.8. The van der Waals surface area contributed by atoms with Gasteiger partial charge in [0.2, 0.25) is 5.91 Å². The predicted molar refractivity (Wildman–Crippen MR) is 110 cm³/mol. The van der Waals surface area contributed by atoms with E-state index in [1.165, 1.54) is 6.07 Å². The minimum absolute atomic E-state index is 0.000313. The van der Waals surface area contributed by atoms with Gasteiger partial charge in [0.05, 0.1) is 0 Å². The molecule has 1 saturated carbocycles. The zero-order valence-electron chi connectivity index (χ0n) is 14.6. The molecular weight excluding hydrogens is 400 g/mol. The molecule has 7 nitrogen and oxygen atoms in total. The second-order valence-corrected chi connectivity index (χ2v) is 7.06. The highest BCUT2D eigenvalue weighted by atomic mass is 35.5. The second-order valence-electron chi connectivity index (χ2n) is 6.21.